The molecule has 2 nitrogen and oxygen atoms in total. The highest BCUT2D eigenvalue weighted by Gasteiger charge is 2.28. The first kappa shape index (κ1) is 9.63. The Labute approximate surface area is 103 Å². The predicted octanol–water partition coefficient (Wildman–Crippen LogP) is 3.43. The molecule has 2 aromatic heterocycles. The maximum Gasteiger partial charge on any atom is 0.140 e. The molecule has 0 saturated heterocycles. The third-order valence-electron chi connectivity index (χ3n) is 3.11. The molecule has 1 saturated carbocycles. The van der Waals surface area contributed by atoms with Gasteiger partial charge in [0, 0.05) is 21.4 Å². The zero-order valence-corrected chi connectivity index (χ0v) is 11.1. The lowest BCUT2D eigenvalue weighted by Gasteiger charge is -2.00. The number of rotatable bonds is 1. The summed E-state index contributed by atoms with van der Waals surface area (Å²) in [5, 5.41) is 0. The number of imidazole rings is 1. The van der Waals surface area contributed by atoms with Gasteiger partial charge in [-0.25, -0.2) is 4.98 Å². The number of hydrogen-bond acceptors (Lipinski definition) is 1. The van der Waals surface area contributed by atoms with Gasteiger partial charge in [-0.3, -0.25) is 0 Å². The highest BCUT2D eigenvalue weighted by molar-refractivity contribution is 14.1. The van der Waals surface area contributed by atoms with E-state index in [1.54, 1.807) is 0 Å². The monoisotopic (exact) mass is 312 g/mol. The van der Waals surface area contributed by atoms with Gasteiger partial charge in [0.15, 0.2) is 0 Å². The zero-order valence-electron chi connectivity index (χ0n) is 8.92. The second kappa shape index (κ2) is 3.20. The van der Waals surface area contributed by atoms with Gasteiger partial charge in [0.05, 0.1) is 5.69 Å². The minimum atomic E-state index is 0.738. The average molecular weight is 312 g/mol. The third kappa shape index (κ3) is 1.48. The molecule has 0 atom stereocenters. The first-order valence-electron chi connectivity index (χ1n) is 5.31. The van der Waals surface area contributed by atoms with Gasteiger partial charge < -0.3 is 4.40 Å². The van der Waals surface area contributed by atoms with Crippen LogP contribution < -0.4 is 0 Å². The van der Waals surface area contributed by atoms with Gasteiger partial charge in [-0.2, -0.15) is 0 Å². The second-order valence-corrected chi connectivity index (χ2v) is 5.64. The summed E-state index contributed by atoms with van der Waals surface area (Å²) in [5.41, 5.74) is 5.06. The number of fused-ring (bicyclic) bond motifs is 1. The standard InChI is InChI=1S/C12H13IN2/c1-7-5-10(13)6-15-8(2)11(9-3-4-9)14-12(7)15/h5-6,9H,3-4H2,1-2H3. The summed E-state index contributed by atoms with van der Waals surface area (Å²) >= 11 is 2.36. The molecule has 0 spiro atoms. The zero-order chi connectivity index (χ0) is 10.6. The smallest absolute Gasteiger partial charge is 0.140 e. The van der Waals surface area contributed by atoms with Crippen LogP contribution in [-0.4, -0.2) is 9.38 Å². The molecule has 0 N–H and O–H groups in total. The second-order valence-electron chi connectivity index (χ2n) is 4.39. The Morgan fingerprint density at radius 2 is 2.13 bits per heavy atom. The molecule has 15 heavy (non-hydrogen) atoms. The van der Waals surface area contributed by atoms with Crippen molar-refractivity contribution in [3.8, 4) is 0 Å². The quantitative estimate of drug-likeness (QED) is 0.738. The van der Waals surface area contributed by atoms with Crippen LogP contribution in [0.25, 0.3) is 5.65 Å². The van der Waals surface area contributed by atoms with Crippen LogP contribution in [0.1, 0.15) is 35.7 Å². The van der Waals surface area contributed by atoms with E-state index >= 15 is 0 Å². The molecule has 0 bridgehead atoms. The lowest BCUT2D eigenvalue weighted by molar-refractivity contribution is 1.01. The molecule has 0 aromatic carbocycles. The highest BCUT2D eigenvalue weighted by Crippen LogP contribution is 2.41. The Bertz CT molecular complexity index is 538. The molecule has 1 aliphatic rings. The van der Waals surface area contributed by atoms with Crippen molar-refractivity contribution in [2.24, 2.45) is 0 Å². The van der Waals surface area contributed by atoms with E-state index in [0.717, 1.165) is 11.6 Å². The summed E-state index contributed by atoms with van der Waals surface area (Å²) in [6, 6.07) is 2.19. The van der Waals surface area contributed by atoms with Crippen molar-refractivity contribution in [3.63, 3.8) is 0 Å². The van der Waals surface area contributed by atoms with Crippen molar-refractivity contribution in [3.05, 3.63) is 32.8 Å². The molecule has 1 fully saturated rings. The van der Waals surface area contributed by atoms with Crippen LogP contribution in [-0.2, 0) is 0 Å². The molecule has 3 rings (SSSR count). The molecule has 0 amide bonds. The van der Waals surface area contributed by atoms with Crippen molar-refractivity contribution < 1.29 is 0 Å². The number of halogens is 1. The van der Waals surface area contributed by atoms with Crippen molar-refractivity contribution in [2.45, 2.75) is 32.6 Å². The molecule has 78 valence electrons. The maximum atomic E-state index is 4.77. The molecule has 3 heteroatoms. The van der Waals surface area contributed by atoms with Crippen LogP contribution >= 0.6 is 22.6 Å². The Morgan fingerprint density at radius 1 is 1.40 bits per heavy atom. The van der Waals surface area contributed by atoms with E-state index in [9.17, 15) is 0 Å². The van der Waals surface area contributed by atoms with E-state index < -0.39 is 0 Å². The van der Waals surface area contributed by atoms with E-state index in [2.05, 4.69) is 53.1 Å². The topological polar surface area (TPSA) is 17.3 Å². The molecule has 2 aromatic rings. The Kier molecular flexibility index (Phi) is 2.06. The van der Waals surface area contributed by atoms with Gasteiger partial charge in [0.2, 0.25) is 0 Å². The fourth-order valence-corrected chi connectivity index (χ4v) is 2.89. The van der Waals surface area contributed by atoms with Gasteiger partial charge in [-0.05, 0) is 60.9 Å². The van der Waals surface area contributed by atoms with E-state index in [0.29, 0.717) is 0 Å². The van der Waals surface area contributed by atoms with Gasteiger partial charge in [-0.15, -0.1) is 0 Å². The summed E-state index contributed by atoms with van der Waals surface area (Å²) in [5.74, 6) is 0.738. The average Bonchev–Trinajstić information content (AvgIpc) is 2.94. The Hall–Kier alpha value is -0.580. The lowest BCUT2D eigenvalue weighted by Crippen LogP contribution is -1.91. The Balaban J connectivity index is 2.34. The molecule has 0 aliphatic heterocycles. The Morgan fingerprint density at radius 3 is 2.80 bits per heavy atom. The molecule has 2 heterocycles. The van der Waals surface area contributed by atoms with Crippen LogP contribution in [0.5, 0.6) is 0 Å². The summed E-state index contributed by atoms with van der Waals surface area (Å²) < 4.78 is 3.52. The van der Waals surface area contributed by atoms with Gasteiger partial charge in [-0.1, -0.05) is 0 Å². The number of pyridine rings is 1. The van der Waals surface area contributed by atoms with Gasteiger partial charge in [0.25, 0.3) is 0 Å². The minimum absolute atomic E-state index is 0.738. The number of hydrogen-bond donors (Lipinski definition) is 0. The third-order valence-corrected chi connectivity index (χ3v) is 3.70. The summed E-state index contributed by atoms with van der Waals surface area (Å²) in [7, 11) is 0. The van der Waals surface area contributed by atoms with Crippen molar-refractivity contribution in [1.29, 1.82) is 0 Å². The summed E-state index contributed by atoms with van der Waals surface area (Å²) in [6.45, 7) is 4.32. The predicted molar refractivity (Wildman–Crippen MR) is 69.4 cm³/mol. The van der Waals surface area contributed by atoms with E-state index in [1.165, 1.54) is 33.4 Å². The van der Waals surface area contributed by atoms with E-state index in [1.807, 2.05) is 0 Å². The molecular formula is C12H13IN2. The fourth-order valence-electron chi connectivity index (χ4n) is 2.14. The highest BCUT2D eigenvalue weighted by atomic mass is 127. The SMILES string of the molecule is Cc1cc(I)cn2c(C)c(C3CC3)nc12. The minimum Gasteiger partial charge on any atom is -0.303 e. The normalized spacial score (nSPS) is 16.2. The fraction of sp³-hybridized carbons (Fsp3) is 0.417. The van der Waals surface area contributed by atoms with Crippen molar-refractivity contribution >= 4 is 28.2 Å². The maximum absolute atomic E-state index is 4.77. The van der Waals surface area contributed by atoms with Crippen LogP contribution in [0.3, 0.4) is 0 Å². The van der Waals surface area contributed by atoms with E-state index in [4.69, 9.17) is 4.98 Å². The largest absolute Gasteiger partial charge is 0.303 e. The first-order chi connectivity index (χ1) is 7.16. The first-order valence-corrected chi connectivity index (χ1v) is 6.39. The molecular weight excluding hydrogens is 299 g/mol. The molecule has 0 unspecified atom stereocenters. The van der Waals surface area contributed by atoms with Gasteiger partial charge in [0.1, 0.15) is 5.65 Å². The number of aromatic nitrogens is 2. The number of aryl methyl sites for hydroxylation is 2. The molecule has 1 aliphatic carbocycles. The molecule has 0 radical (unpaired) electrons. The van der Waals surface area contributed by atoms with Crippen LogP contribution in [0.15, 0.2) is 12.3 Å². The van der Waals surface area contributed by atoms with Gasteiger partial charge >= 0.3 is 0 Å². The van der Waals surface area contributed by atoms with E-state index in [-0.39, 0.29) is 0 Å². The van der Waals surface area contributed by atoms with Crippen molar-refractivity contribution in [1.82, 2.24) is 9.38 Å². The van der Waals surface area contributed by atoms with Crippen molar-refractivity contribution in [2.75, 3.05) is 0 Å². The van der Waals surface area contributed by atoms with Crippen LogP contribution in [0.4, 0.5) is 0 Å². The van der Waals surface area contributed by atoms with Crippen LogP contribution in [0.2, 0.25) is 0 Å². The summed E-state index contributed by atoms with van der Waals surface area (Å²) in [4.78, 5) is 4.77. The lowest BCUT2D eigenvalue weighted by atomic mass is 10.2. The number of nitrogens with zero attached hydrogens (tertiary/aromatic N) is 2. The summed E-state index contributed by atoms with van der Waals surface area (Å²) in [6.07, 6.45) is 4.82. The van der Waals surface area contributed by atoms with Crippen LogP contribution in [0, 0.1) is 17.4 Å².